The smallest absolute Gasteiger partial charge is 0.335 e. The second kappa shape index (κ2) is 50.0. The van der Waals surface area contributed by atoms with Gasteiger partial charge in [-0.3, -0.25) is 14.4 Å². The topological polar surface area (TPSA) is 175 Å². The molecule has 0 aromatic rings. The quantitative estimate of drug-likeness (QED) is 0.0228. The van der Waals surface area contributed by atoms with E-state index in [1.807, 2.05) is 0 Å². The predicted molar refractivity (Wildman–Crippen MR) is 294 cm³/mol. The van der Waals surface area contributed by atoms with E-state index in [-0.39, 0.29) is 25.9 Å². The lowest BCUT2D eigenvalue weighted by Gasteiger charge is -2.40. The summed E-state index contributed by atoms with van der Waals surface area (Å²) in [5.41, 5.74) is 0. The SMILES string of the molecule is CCCCCC/C=C\CCCCCCCC(=O)OCC(COC1OC(C(=O)O)C(O)C(O)C1OC(=O)CCCCCCCCCCC/C=C\CCCCCCCC)OC(=O)CCCCCCCCCCCCC. The first-order valence-electron chi connectivity index (χ1n) is 30.3. The number of carbonyl (C=O) groups excluding carboxylic acids is 3. The van der Waals surface area contributed by atoms with Crippen molar-refractivity contribution in [3.63, 3.8) is 0 Å². The predicted octanol–water partition coefficient (Wildman–Crippen LogP) is 15.5. The molecule has 0 aromatic carbocycles. The highest BCUT2D eigenvalue weighted by Crippen LogP contribution is 2.27. The van der Waals surface area contributed by atoms with Crippen molar-refractivity contribution < 1.29 is 58.2 Å². The summed E-state index contributed by atoms with van der Waals surface area (Å²) in [6, 6.07) is 0. The first kappa shape index (κ1) is 68.2. The van der Waals surface area contributed by atoms with Crippen molar-refractivity contribution in [1.29, 1.82) is 0 Å². The third-order valence-corrected chi connectivity index (χ3v) is 14.0. The molecule has 12 nitrogen and oxygen atoms in total. The molecule has 0 aromatic heterocycles. The summed E-state index contributed by atoms with van der Waals surface area (Å²) in [6.45, 7) is 5.98. The summed E-state index contributed by atoms with van der Waals surface area (Å²) in [5, 5.41) is 31.5. The van der Waals surface area contributed by atoms with Crippen molar-refractivity contribution in [2.45, 2.75) is 327 Å². The van der Waals surface area contributed by atoms with Crippen LogP contribution < -0.4 is 0 Å². The molecule has 0 spiro atoms. The Bertz CT molecular complexity index is 1370. The van der Waals surface area contributed by atoms with Gasteiger partial charge in [-0.1, -0.05) is 225 Å². The number of carboxylic acids is 1. The van der Waals surface area contributed by atoms with Crippen LogP contribution in [0.2, 0.25) is 0 Å². The fourth-order valence-electron chi connectivity index (χ4n) is 9.30. The van der Waals surface area contributed by atoms with Gasteiger partial charge in [0.25, 0.3) is 0 Å². The van der Waals surface area contributed by atoms with Gasteiger partial charge in [-0.25, -0.2) is 4.79 Å². The Morgan fingerprint density at radius 3 is 1.18 bits per heavy atom. The van der Waals surface area contributed by atoms with Crippen molar-refractivity contribution in [3.8, 4) is 0 Å². The Hall–Kier alpha value is -2.80. The molecular weight excluding hydrogens is 925 g/mol. The summed E-state index contributed by atoms with van der Waals surface area (Å²) in [4.78, 5) is 51.0. The molecule has 0 saturated carbocycles. The minimum absolute atomic E-state index is 0.0621. The molecule has 1 rings (SSSR count). The van der Waals surface area contributed by atoms with Crippen LogP contribution in [0.5, 0.6) is 0 Å². The van der Waals surface area contributed by atoms with Crippen molar-refractivity contribution in [1.82, 2.24) is 0 Å². The molecule has 426 valence electrons. The van der Waals surface area contributed by atoms with Crippen LogP contribution in [0.1, 0.15) is 290 Å². The summed E-state index contributed by atoms with van der Waals surface area (Å²) in [7, 11) is 0. The summed E-state index contributed by atoms with van der Waals surface area (Å²) < 4.78 is 28.4. The number of hydrogen-bond donors (Lipinski definition) is 3. The number of ether oxygens (including phenoxy) is 5. The minimum Gasteiger partial charge on any atom is -0.479 e. The molecule has 1 fully saturated rings. The van der Waals surface area contributed by atoms with E-state index in [0.717, 1.165) is 89.9 Å². The summed E-state index contributed by atoms with van der Waals surface area (Å²) in [6.07, 6.45) is 44.3. The van der Waals surface area contributed by atoms with Gasteiger partial charge in [-0.2, -0.15) is 0 Å². The molecule has 1 aliphatic heterocycles. The van der Waals surface area contributed by atoms with E-state index in [4.69, 9.17) is 23.7 Å². The molecule has 0 amide bonds. The number of hydrogen-bond acceptors (Lipinski definition) is 11. The zero-order chi connectivity index (χ0) is 53.3. The van der Waals surface area contributed by atoms with Crippen molar-refractivity contribution in [3.05, 3.63) is 24.3 Å². The first-order valence-corrected chi connectivity index (χ1v) is 30.3. The summed E-state index contributed by atoms with van der Waals surface area (Å²) in [5.74, 6) is -3.10. The molecule has 12 heteroatoms. The number of rotatable bonds is 52. The third kappa shape index (κ3) is 40.2. The number of carbonyl (C=O) groups is 4. The maximum absolute atomic E-state index is 13.1. The largest absolute Gasteiger partial charge is 0.479 e. The van der Waals surface area contributed by atoms with Crippen LogP contribution in [0.25, 0.3) is 0 Å². The molecule has 3 N–H and O–H groups in total. The molecule has 6 atom stereocenters. The average Bonchev–Trinajstić information content (AvgIpc) is 3.37. The second-order valence-corrected chi connectivity index (χ2v) is 21.0. The lowest BCUT2D eigenvalue weighted by atomic mass is 9.98. The van der Waals surface area contributed by atoms with E-state index in [9.17, 15) is 34.5 Å². The van der Waals surface area contributed by atoms with E-state index in [1.165, 1.54) is 141 Å². The molecule has 0 aliphatic carbocycles. The molecule has 1 saturated heterocycles. The van der Waals surface area contributed by atoms with Crippen LogP contribution >= 0.6 is 0 Å². The van der Waals surface area contributed by atoms with Gasteiger partial charge in [0.2, 0.25) is 0 Å². The first-order chi connectivity index (χ1) is 35.6. The Kier molecular flexibility index (Phi) is 46.8. The molecule has 73 heavy (non-hydrogen) atoms. The van der Waals surface area contributed by atoms with Gasteiger partial charge in [-0.05, 0) is 70.6 Å². The number of unbranched alkanes of at least 4 members (excludes halogenated alkanes) is 34. The highest BCUT2D eigenvalue weighted by Gasteiger charge is 2.50. The lowest BCUT2D eigenvalue weighted by Crippen LogP contribution is -2.61. The Morgan fingerprint density at radius 1 is 0.438 bits per heavy atom. The lowest BCUT2D eigenvalue weighted by molar-refractivity contribution is -0.301. The van der Waals surface area contributed by atoms with Crippen LogP contribution in [0.15, 0.2) is 24.3 Å². The number of aliphatic hydroxyl groups excluding tert-OH is 2. The number of aliphatic carboxylic acids is 1. The van der Waals surface area contributed by atoms with Crippen molar-refractivity contribution in [2.24, 2.45) is 0 Å². The highest BCUT2D eigenvalue weighted by atomic mass is 16.7. The summed E-state index contributed by atoms with van der Waals surface area (Å²) >= 11 is 0. The van der Waals surface area contributed by atoms with Gasteiger partial charge < -0.3 is 39.0 Å². The highest BCUT2D eigenvalue weighted by molar-refractivity contribution is 5.74. The van der Waals surface area contributed by atoms with E-state index >= 15 is 0 Å². The Balaban J connectivity index is 2.64. The van der Waals surface area contributed by atoms with Crippen LogP contribution in [0.3, 0.4) is 0 Å². The van der Waals surface area contributed by atoms with Gasteiger partial charge >= 0.3 is 23.9 Å². The zero-order valence-electron chi connectivity index (χ0n) is 46.9. The van der Waals surface area contributed by atoms with Gasteiger partial charge in [0.15, 0.2) is 24.6 Å². The second-order valence-electron chi connectivity index (χ2n) is 21.0. The van der Waals surface area contributed by atoms with Gasteiger partial charge in [0.1, 0.15) is 18.8 Å². The monoisotopic (exact) mass is 1030 g/mol. The maximum Gasteiger partial charge on any atom is 0.335 e. The molecule has 1 heterocycles. The normalized spacial score (nSPS) is 18.4. The number of allylic oxidation sites excluding steroid dienone is 4. The molecule has 6 unspecified atom stereocenters. The molecule has 1 aliphatic rings. The minimum atomic E-state index is -1.90. The van der Waals surface area contributed by atoms with Crippen LogP contribution in [0.4, 0.5) is 0 Å². The molecular formula is C61H110O12. The van der Waals surface area contributed by atoms with Crippen molar-refractivity contribution in [2.75, 3.05) is 13.2 Å². The molecule has 0 bridgehead atoms. The van der Waals surface area contributed by atoms with E-state index in [1.54, 1.807) is 0 Å². The van der Waals surface area contributed by atoms with Gasteiger partial charge in [0.05, 0.1) is 6.61 Å². The zero-order valence-corrected chi connectivity index (χ0v) is 46.9. The maximum atomic E-state index is 13.1. The fourth-order valence-corrected chi connectivity index (χ4v) is 9.30. The van der Waals surface area contributed by atoms with Crippen LogP contribution in [-0.2, 0) is 42.9 Å². The number of esters is 3. The Morgan fingerprint density at radius 2 is 0.781 bits per heavy atom. The number of aliphatic hydroxyl groups is 2. The fraction of sp³-hybridized carbons (Fsp3) is 0.869. The van der Waals surface area contributed by atoms with Gasteiger partial charge in [-0.15, -0.1) is 0 Å². The van der Waals surface area contributed by atoms with Gasteiger partial charge in [0, 0.05) is 19.3 Å². The van der Waals surface area contributed by atoms with Crippen molar-refractivity contribution >= 4 is 23.9 Å². The van der Waals surface area contributed by atoms with Crippen LogP contribution in [-0.4, -0.2) is 89.2 Å². The Labute approximate surface area is 445 Å². The third-order valence-electron chi connectivity index (χ3n) is 14.0. The van der Waals surface area contributed by atoms with E-state index < -0.39 is 67.3 Å². The van der Waals surface area contributed by atoms with Crippen LogP contribution in [0, 0.1) is 0 Å². The molecule has 0 radical (unpaired) electrons. The number of carboxylic acid groups (broad SMARTS) is 1. The van der Waals surface area contributed by atoms with E-state index in [2.05, 4.69) is 45.1 Å². The van der Waals surface area contributed by atoms with E-state index in [0.29, 0.717) is 19.3 Å². The average molecular weight is 1040 g/mol. The standard InChI is InChI=1S/C61H110O12/c1-4-7-10-13-16-19-22-24-25-26-27-28-29-31-34-37-40-43-46-49-55(64)72-59-57(66)56(65)58(60(67)68)73-61(59)70-51-52(71-54(63)48-45-42-39-36-32-21-18-15-12-9-6-3)50-69-53(62)47-44-41-38-35-33-30-23-20-17-14-11-8-5-2/h20,23-25,52,56-59,61,65-66H,4-19,21-22,26-51H2,1-3H3,(H,67,68)/b23-20-,25-24-.